The molecule has 0 spiro atoms. The van der Waals surface area contributed by atoms with Gasteiger partial charge < -0.3 is 15.0 Å². The Morgan fingerprint density at radius 1 is 1.02 bits per heavy atom. The van der Waals surface area contributed by atoms with Crippen molar-refractivity contribution in [2.45, 2.75) is 43.3 Å². The van der Waals surface area contributed by atoms with Gasteiger partial charge in [-0.05, 0) is 67.3 Å². The normalized spacial score (nSPS) is 19.5. The van der Waals surface area contributed by atoms with E-state index in [1.165, 1.54) is 21.5 Å². The van der Waals surface area contributed by atoms with Crippen LogP contribution in [0.25, 0.3) is 0 Å². The van der Waals surface area contributed by atoms with Crippen LogP contribution in [-0.2, 0) is 19.6 Å². The predicted molar refractivity (Wildman–Crippen MR) is 151 cm³/mol. The molecule has 1 N–H and O–H groups in total. The van der Waals surface area contributed by atoms with Crippen LogP contribution in [0.3, 0.4) is 0 Å². The number of Topliss-reactive ketones (excluding diaryl/α,β-unsaturated/α-hetero) is 1. The van der Waals surface area contributed by atoms with Gasteiger partial charge in [-0.3, -0.25) is 14.4 Å². The molecule has 2 aliphatic rings. The van der Waals surface area contributed by atoms with Gasteiger partial charge in [0.15, 0.2) is 10.8 Å². The lowest BCUT2D eigenvalue weighted by Gasteiger charge is -2.25. The summed E-state index contributed by atoms with van der Waals surface area (Å²) in [6.07, 6.45) is 2.57. The maximum atomic E-state index is 13.1. The molecule has 41 heavy (non-hydrogen) atoms. The summed E-state index contributed by atoms with van der Waals surface area (Å²) < 4.78 is 33.2. The van der Waals surface area contributed by atoms with E-state index in [-0.39, 0.29) is 41.5 Å². The number of nitrogens with one attached hydrogen (secondary N) is 1. The number of ketones is 1. The van der Waals surface area contributed by atoms with Crippen molar-refractivity contribution in [3.8, 4) is 11.5 Å². The fourth-order valence-electron chi connectivity index (χ4n) is 5.34. The Labute approximate surface area is 239 Å². The van der Waals surface area contributed by atoms with E-state index in [0.29, 0.717) is 43.0 Å². The molecule has 11 heteroatoms. The standard InChI is InChI=1S/C30H32N4O6S/c1-21(14-17-32-30(37)22-10-12-24(13-11-22)40-23-7-3-2-4-8-23)19-28(36)33-18-15-25-29(33)26(35)20-34(25)41(38,39)27-9-5-6-16-31-27/h2-13,16,21,25,29H,14-15,17-20H2,1H3,(H,32,37). The van der Waals surface area contributed by atoms with E-state index in [9.17, 15) is 22.8 Å². The first-order chi connectivity index (χ1) is 19.7. The summed E-state index contributed by atoms with van der Waals surface area (Å²) >= 11 is 0. The van der Waals surface area contributed by atoms with E-state index in [4.69, 9.17) is 4.74 Å². The van der Waals surface area contributed by atoms with Crippen LogP contribution in [0.2, 0.25) is 0 Å². The summed E-state index contributed by atoms with van der Waals surface area (Å²) in [5.41, 5.74) is 0.502. The predicted octanol–water partition coefficient (Wildman–Crippen LogP) is 3.26. The van der Waals surface area contributed by atoms with E-state index in [1.807, 2.05) is 37.3 Å². The highest BCUT2D eigenvalue weighted by atomic mass is 32.2. The second-order valence-electron chi connectivity index (χ2n) is 10.4. The first-order valence-electron chi connectivity index (χ1n) is 13.6. The highest BCUT2D eigenvalue weighted by Gasteiger charge is 2.53. The van der Waals surface area contributed by atoms with Gasteiger partial charge >= 0.3 is 0 Å². The smallest absolute Gasteiger partial charge is 0.261 e. The van der Waals surface area contributed by atoms with Gasteiger partial charge in [-0.2, -0.15) is 4.31 Å². The van der Waals surface area contributed by atoms with Gasteiger partial charge in [-0.25, -0.2) is 13.4 Å². The lowest BCUT2D eigenvalue weighted by atomic mass is 10.0. The number of carbonyl (C=O) groups excluding carboxylic acids is 3. The van der Waals surface area contributed by atoms with Crippen molar-refractivity contribution in [1.29, 1.82) is 0 Å². The molecule has 3 heterocycles. The van der Waals surface area contributed by atoms with E-state index in [2.05, 4.69) is 10.3 Å². The molecule has 3 atom stereocenters. The summed E-state index contributed by atoms with van der Waals surface area (Å²) in [5, 5.41) is 2.78. The molecule has 2 fully saturated rings. The summed E-state index contributed by atoms with van der Waals surface area (Å²) in [5.74, 6) is 0.608. The van der Waals surface area contributed by atoms with Crippen molar-refractivity contribution >= 4 is 27.6 Å². The number of fused-ring (bicyclic) bond motifs is 1. The van der Waals surface area contributed by atoms with Gasteiger partial charge in [0.25, 0.3) is 15.9 Å². The first-order valence-corrected chi connectivity index (χ1v) is 15.0. The van der Waals surface area contributed by atoms with E-state index in [1.54, 1.807) is 36.4 Å². The van der Waals surface area contributed by atoms with Gasteiger partial charge in [0, 0.05) is 31.3 Å². The first kappa shape index (κ1) is 28.4. The molecule has 5 rings (SSSR count). The monoisotopic (exact) mass is 576 g/mol. The second-order valence-corrected chi connectivity index (χ2v) is 12.2. The van der Waals surface area contributed by atoms with Crippen molar-refractivity contribution in [2.75, 3.05) is 19.6 Å². The number of rotatable bonds is 10. The molecule has 0 saturated carbocycles. The van der Waals surface area contributed by atoms with Crippen molar-refractivity contribution in [1.82, 2.24) is 19.5 Å². The van der Waals surface area contributed by atoms with Crippen LogP contribution in [0.4, 0.5) is 0 Å². The average molecular weight is 577 g/mol. The van der Waals surface area contributed by atoms with Crippen molar-refractivity contribution in [2.24, 2.45) is 5.92 Å². The summed E-state index contributed by atoms with van der Waals surface area (Å²) in [7, 11) is -3.94. The van der Waals surface area contributed by atoms with Crippen molar-refractivity contribution in [3.05, 3.63) is 84.6 Å². The molecule has 0 bridgehead atoms. The third-order valence-corrected chi connectivity index (χ3v) is 9.24. The Bertz CT molecular complexity index is 1500. The zero-order valence-electron chi connectivity index (χ0n) is 22.7. The third-order valence-electron chi connectivity index (χ3n) is 7.45. The van der Waals surface area contributed by atoms with Crippen molar-refractivity contribution < 1.29 is 27.5 Å². The Morgan fingerprint density at radius 2 is 1.73 bits per heavy atom. The molecular weight excluding hydrogens is 544 g/mol. The number of aromatic nitrogens is 1. The molecule has 0 aliphatic carbocycles. The molecule has 2 saturated heterocycles. The molecule has 2 aliphatic heterocycles. The zero-order chi connectivity index (χ0) is 29.0. The zero-order valence-corrected chi connectivity index (χ0v) is 23.5. The van der Waals surface area contributed by atoms with Gasteiger partial charge in [0.1, 0.15) is 17.5 Å². The van der Waals surface area contributed by atoms with Crippen LogP contribution >= 0.6 is 0 Å². The quantitative estimate of drug-likeness (QED) is 0.393. The number of likely N-dealkylation sites (tertiary alicyclic amines) is 1. The van der Waals surface area contributed by atoms with Crippen LogP contribution in [0, 0.1) is 5.92 Å². The Morgan fingerprint density at radius 3 is 2.44 bits per heavy atom. The number of sulfonamides is 1. The Kier molecular flexibility index (Phi) is 8.46. The maximum absolute atomic E-state index is 13.1. The highest BCUT2D eigenvalue weighted by molar-refractivity contribution is 7.89. The molecular formula is C30H32N4O6S. The molecule has 2 aromatic carbocycles. The summed E-state index contributed by atoms with van der Waals surface area (Å²) in [6.45, 7) is 2.36. The highest BCUT2D eigenvalue weighted by Crippen LogP contribution is 2.34. The van der Waals surface area contributed by atoms with Gasteiger partial charge in [0.2, 0.25) is 5.91 Å². The van der Waals surface area contributed by atoms with Crippen molar-refractivity contribution in [3.63, 3.8) is 0 Å². The van der Waals surface area contributed by atoms with Crippen LogP contribution in [0.5, 0.6) is 11.5 Å². The number of carbonyl (C=O) groups is 3. The minimum absolute atomic E-state index is 0.0478. The molecule has 3 unspecified atom stereocenters. The molecule has 214 valence electrons. The topological polar surface area (TPSA) is 126 Å². The van der Waals surface area contributed by atoms with E-state index >= 15 is 0 Å². The summed E-state index contributed by atoms with van der Waals surface area (Å²) in [4.78, 5) is 44.1. The van der Waals surface area contributed by atoms with Crippen LogP contribution in [-0.4, -0.2) is 71.9 Å². The van der Waals surface area contributed by atoms with Crippen LogP contribution in [0.1, 0.15) is 36.5 Å². The van der Waals surface area contributed by atoms with Crippen LogP contribution in [0.15, 0.2) is 84.0 Å². The average Bonchev–Trinajstić information content (AvgIpc) is 3.56. The third kappa shape index (κ3) is 6.31. The number of hydrogen-bond donors (Lipinski definition) is 1. The number of nitrogens with zero attached hydrogens (tertiary/aromatic N) is 3. The second kappa shape index (κ2) is 12.2. The molecule has 0 radical (unpaired) electrons. The fraction of sp³-hybridized carbons (Fsp3) is 0.333. The molecule has 10 nitrogen and oxygen atoms in total. The maximum Gasteiger partial charge on any atom is 0.261 e. The number of ether oxygens (including phenoxy) is 1. The van der Waals surface area contributed by atoms with Gasteiger partial charge in [-0.15, -0.1) is 0 Å². The largest absolute Gasteiger partial charge is 0.457 e. The van der Waals surface area contributed by atoms with Gasteiger partial charge in [-0.1, -0.05) is 31.2 Å². The lowest BCUT2D eigenvalue weighted by molar-refractivity contribution is -0.137. The number of benzene rings is 2. The number of para-hydroxylation sites is 1. The Balaban J connectivity index is 1.09. The lowest BCUT2D eigenvalue weighted by Crippen LogP contribution is -2.44. The van der Waals surface area contributed by atoms with Crippen LogP contribution < -0.4 is 10.1 Å². The van der Waals surface area contributed by atoms with E-state index < -0.39 is 22.1 Å². The Hall–Kier alpha value is -4.09. The fourth-order valence-corrected chi connectivity index (χ4v) is 6.90. The number of amides is 2. The SMILES string of the molecule is CC(CCNC(=O)c1ccc(Oc2ccccc2)cc1)CC(=O)N1CCC2C1C(=O)CN2S(=O)(=O)c1ccccn1. The van der Waals surface area contributed by atoms with Gasteiger partial charge in [0.05, 0.1) is 12.6 Å². The molecule has 1 aromatic heterocycles. The molecule has 2 amide bonds. The summed E-state index contributed by atoms with van der Waals surface area (Å²) in [6, 6.07) is 19.5. The minimum Gasteiger partial charge on any atom is -0.457 e. The molecule has 3 aromatic rings. The number of hydrogen-bond acceptors (Lipinski definition) is 7. The van der Waals surface area contributed by atoms with E-state index in [0.717, 1.165) is 0 Å². The minimum atomic E-state index is -3.94. The number of pyridine rings is 1.